The number of carbonyl (C=O) groups is 1. The summed E-state index contributed by atoms with van der Waals surface area (Å²) in [5.74, 6) is -0.362. The molecule has 0 radical (unpaired) electrons. The Morgan fingerprint density at radius 1 is 1.07 bits per heavy atom. The lowest BCUT2D eigenvalue weighted by molar-refractivity contribution is 0.0521. The second-order valence-electron chi connectivity index (χ2n) is 6.08. The molecule has 0 saturated heterocycles. The smallest absolute Gasteiger partial charge is 0.341 e. The summed E-state index contributed by atoms with van der Waals surface area (Å²) >= 11 is 0. The third-order valence-corrected chi connectivity index (χ3v) is 6.05. The van der Waals surface area contributed by atoms with Gasteiger partial charge in [0.25, 0.3) is 0 Å². The van der Waals surface area contributed by atoms with Crippen molar-refractivity contribution in [2.24, 2.45) is 0 Å². The van der Waals surface area contributed by atoms with Gasteiger partial charge in [-0.25, -0.2) is 13.2 Å². The molecule has 7 heteroatoms. The van der Waals surface area contributed by atoms with Gasteiger partial charge in [-0.3, -0.25) is 4.98 Å². The van der Waals surface area contributed by atoms with E-state index >= 15 is 0 Å². The largest absolute Gasteiger partial charge is 0.489 e. The molecule has 146 valence electrons. The fourth-order valence-corrected chi connectivity index (χ4v) is 4.07. The lowest BCUT2D eigenvalue weighted by atomic mass is 10.1. The standard InChI is InChI=1S/C21H21NO5S/c1-3-26-21(23)18-13-22-19-11-10-16(27-14-15-8-6-5-7-9-15)12-17(19)20(18)28(24,25)4-2/h5-13H,3-4,14H2,1-2H3. The van der Waals surface area contributed by atoms with Crippen LogP contribution in [0.25, 0.3) is 10.9 Å². The van der Waals surface area contributed by atoms with E-state index in [0.29, 0.717) is 23.3 Å². The number of ether oxygens (including phenoxy) is 2. The Hall–Kier alpha value is -2.93. The van der Waals surface area contributed by atoms with Crippen LogP contribution in [-0.4, -0.2) is 31.7 Å². The number of rotatable bonds is 7. The molecule has 0 spiro atoms. The summed E-state index contributed by atoms with van der Waals surface area (Å²) in [6.07, 6.45) is 1.26. The Morgan fingerprint density at radius 2 is 1.82 bits per heavy atom. The number of pyridine rings is 1. The van der Waals surface area contributed by atoms with Crippen molar-refractivity contribution in [2.45, 2.75) is 25.3 Å². The molecular weight excluding hydrogens is 378 g/mol. The van der Waals surface area contributed by atoms with Crippen molar-refractivity contribution >= 4 is 26.7 Å². The number of carbonyl (C=O) groups excluding carboxylic acids is 1. The van der Waals surface area contributed by atoms with Gasteiger partial charge in [0.15, 0.2) is 9.84 Å². The van der Waals surface area contributed by atoms with Gasteiger partial charge >= 0.3 is 5.97 Å². The van der Waals surface area contributed by atoms with E-state index in [1.807, 2.05) is 30.3 Å². The first-order valence-corrected chi connectivity index (χ1v) is 10.6. The van der Waals surface area contributed by atoms with Crippen LogP contribution in [0, 0.1) is 0 Å². The normalized spacial score (nSPS) is 11.4. The summed E-state index contributed by atoms with van der Waals surface area (Å²) in [6, 6.07) is 14.6. The lowest BCUT2D eigenvalue weighted by Gasteiger charge is -2.13. The van der Waals surface area contributed by atoms with Crippen LogP contribution < -0.4 is 4.74 Å². The molecule has 0 aliphatic heterocycles. The van der Waals surface area contributed by atoms with Gasteiger partial charge in [0.2, 0.25) is 0 Å². The fraction of sp³-hybridized carbons (Fsp3) is 0.238. The van der Waals surface area contributed by atoms with Gasteiger partial charge in [0.05, 0.1) is 28.3 Å². The Balaban J connectivity index is 2.09. The van der Waals surface area contributed by atoms with Crippen LogP contribution in [0.5, 0.6) is 5.75 Å². The molecule has 1 aromatic heterocycles. The number of fused-ring (bicyclic) bond motifs is 1. The van der Waals surface area contributed by atoms with Gasteiger partial charge in [0, 0.05) is 11.6 Å². The van der Waals surface area contributed by atoms with Crippen molar-refractivity contribution < 1.29 is 22.7 Å². The molecule has 0 unspecified atom stereocenters. The SMILES string of the molecule is CCOC(=O)c1cnc2ccc(OCc3ccccc3)cc2c1S(=O)(=O)CC. The monoisotopic (exact) mass is 399 g/mol. The molecule has 1 heterocycles. The number of hydrogen-bond acceptors (Lipinski definition) is 6. The minimum absolute atomic E-state index is 0.0589. The van der Waals surface area contributed by atoms with E-state index in [0.717, 1.165) is 5.56 Å². The van der Waals surface area contributed by atoms with Crippen LogP contribution in [0.1, 0.15) is 29.8 Å². The van der Waals surface area contributed by atoms with Crippen LogP contribution in [0.4, 0.5) is 0 Å². The van der Waals surface area contributed by atoms with Crippen LogP contribution in [-0.2, 0) is 21.2 Å². The number of nitrogens with zero attached hydrogens (tertiary/aromatic N) is 1. The van der Waals surface area contributed by atoms with E-state index in [1.165, 1.54) is 13.1 Å². The summed E-state index contributed by atoms with van der Waals surface area (Å²) < 4.78 is 36.3. The number of esters is 1. The first kappa shape index (κ1) is 19.8. The zero-order chi connectivity index (χ0) is 20.1. The third-order valence-electron chi connectivity index (χ3n) is 4.22. The number of aromatic nitrogens is 1. The Morgan fingerprint density at radius 3 is 2.50 bits per heavy atom. The molecule has 6 nitrogen and oxygen atoms in total. The lowest BCUT2D eigenvalue weighted by Crippen LogP contribution is -2.15. The highest BCUT2D eigenvalue weighted by Gasteiger charge is 2.26. The van der Waals surface area contributed by atoms with Crippen molar-refractivity contribution in [2.75, 3.05) is 12.4 Å². The molecule has 0 fully saturated rings. The molecule has 0 aliphatic rings. The highest BCUT2D eigenvalue weighted by atomic mass is 32.2. The van der Waals surface area contributed by atoms with Crippen molar-refractivity contribution in [1.29, 1.82) is 0 Å². The molecule has 0 bridgehead atoms. The van der Waals surface area contributed by atoms with E-state index < -0.39 is 15.8 Å². The Kier molecular flexibility index (Phi) is 5.94. The summed E-state index contributed by atoms with van der Waals surface area (Å²) in [5.41, 5.74) is 1.39. The number of sulfone groups is 1. The summed E-state index contributed by atoms with van der Waals surface area (Å²) in [6.45, 7) is 3.68. The first-order valence-electron chi connectivity index (χ1n) is 8.95. The van der Waals surface area contributed by atoms with E-state index in [1.54, 1.807) is 25.1 Å². The maximum Gasteiger partial charge on any atom is 0.341 e. The number of hydrogen-bond donors (Lipinski definition) is 0. The molecule has 0 N–H and O–H groups in total. The topological polar surface area (TPSA) is 82.6 Å². The van der Waals surface area contributed by atoms with Gasteiger partial charge in [-0.15, -0.1) is 0 Å². The average Bonchev–Trinajstić information content (AvgIpc) is 2.72. The molecule has 3 aromatic rings. The predicted octanol–water partition coefficient (Wildman–Crippen LogP) is 3.78. The average molecular weight is 399 g/mol. The molecule has 0 aliphatic carbocycles. The van der Waals surface area contributed by atoms with Crippen LogP contribution in [0.15, 0.2) is 59.6 Å². The molecule has 0 saturated carbocycles. The first-order chi connectivity index (χ1) is 13.5. The van der Waals surface area contributed by atoms with E-state index in [4.69, 9.17) is 9.47 Å². The predicted molar refractivity (Wildman–Crippen MR) is 106 cm³/mol. The number of benzene rings is 2. The van der Waals surface area contributed by atoms with Crippen LogP contribution >= 0.6 is 0 Å². The molecular formula is C21H21NO5S. The van der Waals surface area contributed by atoms with Crippen LogP contribution in [0.3, 0.4) is 0 Å². The van der Waals surface area contributed by atoms with Crippen LogP contribution in [0.2, 0.25) is 0 Å². The zero-order valence-electron chi connectivity index (χ0n) is 15.7. The van der Waals surface area contributed by atoms with E-state index in [9.17, 15) is 13.2 Å². The second kappa shape index (κ2) is 8.39. The maximum atomic E-state index is 12.8. The molecule has 3 rings (SSSR count). The summed E-state index contributed by atoms with van der Waals surface area (Å²) in [4.78, 5) is 16.5. The molecule has 0 amide bonds. The Labute approximate surface area is 164 Å². The summed E-state index contributed by atoms with van der Waals surface area (Å²) in [7, 11) is -3.70. The summed E-state index contributed by atoms with van der Waals surface area (Å²) in [5, 5.41) is 0.345. The van der Waals surface area contributed by atoms with Gasteiger partial charge in [0.1, 0.15) is 12.4 Å². The minimum atomic E-state index is -3.70. The highest BCUT2D eigenvalue weighted by Crippen LogP contribution is 2.30. The Bertz CT molecular complexity index is 1090. The zero-order valence-corrected chi connectivity index (χ0v) is 16.5. The molecule has 0 atom stereocenters. The van der Waals surface area contributed by atoms with Crippen molar-refractivity contribution in [1.82, 2.24) is 4.98 Å². The van der Waals surface area contributed by atoms with Crippen molar-refractivity contribution in [3.63, 3.8) is 0 Å². The van der Waals surface area contributed by atoms with Gasteiger partial charge in [-0.2, -0.15) is 0 Å². The van der Waals surface area contributed by atoms with Crippen molar-refractivity contribution in [3.8, 4) is 5.75 Å². The van der Waals surface area contributed by atoms with Gasteiger partial charge in [-0.1, -0.05) is 37.3 Å². The van der Waals surface area contributed by atoms with E-state index in [-0.39, 0.29) is 22.8 Å². The van der Waals surface area contributed by atoms with Gasteiger partial charge < -0.3 is 9.47 Å². The van der Waals surface area contributed by atoms with Gasteiger partial charge in [-0.05, 0) is 30.7 Å². The fourth-order valence-electron chi connectivity index (χ4n) is 2.81. The third kappa shape index (κ3) is 4.14. The van der Waals surface area contributed by atoms with Crippen molar-refractivity contribution in [3.05, 3.63) is 65.9 Å². The quantitative estimate of drug-likeness (QED) is 0.562. The van der Waals surface area contributed by atoms with E-state index in [2.05, 4.69) is 4.98 Å². The highest BCUT2D eigenvalue weighted by molar-refractivity contribution is 7.91. The second-order valence-corrected chi connectivity index (χ2v) is 8.29. The minimum Gasteiger partial charge on any atom is -0.489 e. The maximum absolute atomic E-state index is 12.8. The molecule has 2 aromatic carbocycles. The molecule has 28 heavy (non-hydrogen) atoms.